The van der Waals surface area contributed by atoms with Gasteiger partial charge < -0.3 is 40.1 Å². The number of ketones is 1. The molecule has 2 aromatic rings. The van der Waals surface area contributed by atoms with Crippen molar-refractivity contribution in [1.82, 2.24) is 0 Å². The van der Waals surface area contributed by atoms with Crippen LogP contribution in [0.4, 0.5) is 0 Å². The summed E-state index contributed by atoms with van der Waals surface area (Å²) >= 11 is 0. The van der Waals surface area contributed by atoms with Crippen molar-refractivity contribution in [2.75, 3.05) is 6.61 Å². The predicted molar refractivity (Wildman–Crippen MR) is 104 cm³/mol. The zero-order chi connectivity index (χ0) is 21.8. The molecule has 0 radical (unpaired) electrons. The largest absolute Gasteiger partial charge is 0.508 e. The minimum absolute atomic E-state index is 0.0415. The lowest BCUT2D eigenvalue weighted by Crippen LogP contribution is -2.60. The van der Waals surface area contributed by atoms with Crippen molar-refractivity contribution in [3.05, 3.63) is 59.7 Å². The number of aliphatic hydroxyl groups is 4. The zero-order valence-corrected chi connectivity index (χ0v) is 15.7. The van der Waals surface area contributed by atoms with Crippen molar-refractivity contribution in [2.24, 2.45) is 0 Å². The molecule has 0 amide bonds. The van der Waals surface area contributed by atoms with Gasteiger partial charge in [-0.15, -0.1) is 0 Å². The Balaban J connectivity index is 1.82. The van der Waals surface area contributed by atoms with Crippen molar-refractivity contribution in [2.45, 2.75) is 30.7 Å². The van der Waals surface area contributed by atoms with Crippen LogP contribution in [0.25, 0.3) is 6.08 Å². The molecule has 0 spiro atoms. The van der Waals surface area contributed by atoms with Crippen molar-refractivity contribution in [3.8, 4) is 17.2 Å². The number of hydrogen-bond donors (Lipinski definition) is 6. The first kappa shape index (κ1) is 21.8. The molecule has 3 rings (SSSR count). The third-order valence-electron chi connectivity index (χ3n) is 4.64. The Kier molecular flexibility index (Phi) is 6.70. The highest BCUT2D eigenvalue weighted by Crippen LogP contribution is 2.30. The van der Waals surface area contributed by atoms with Crippen molar-refractivity contribution >= 4 is 11.9 Å². The van der Waals surface area contributed by atoms with Crippen molar-refractivity contribution in [1.29, 1.82) is 0 Å². The highest BCUT2D eigenvalue weighted by molar-refractivity contribution is 6.08. The fourth-order valence-electron chi connectivity index (χ4n) is 2.95. The van der Waals surface area contributed by atoms with Gasteiger partial charge in [0, 0.05) is 6.07 Å². The number of phenolic OH excluding ortho intramolecular Hbond substituents is 2. The van der Waals surface area contributed by atoms with Gasteiger partial charge in [-0.05, 0) is 35.9 Å². The number of rotatable bonds is 6. The molecule has 0 aliphatic carbocycles. The fourth-order valence-corrected chi connectivity index (χ4v) is 2.95. The highest BCUT2D eigenvalue weighted by Gasteiger charge is 2.45. The van der Waals surface area contributed by atoms with Crippen LogP contribution in [0.5, 0.6) is 17.2 Å². The lowest BCUT2D eigenvalue weighted by molar-refractivity contribution is -0.277. The second kappa shape index (κ2) is 9.24. The monoisotopic (exact) mass is 418 g/mol. The molecule has 1 aliphatic heterocycles. The van der Waals surface area contributed by atoms with Crippen LogP contribution in [-0.2, 0) is 4.74 Å². The van der Waals surface area contributed by atoms with Crippen LogP contribution < -0.4 is 4.74 Å². The molecule has 2 aromatic carbocycles. The van der Waals surface area contributed by atoms with Gasteiger partial charge in [-0.2, -0.15) is 0 Å². The summed E-state index contributed by atoms with van der Waals surface area (Å²) in [5.41, 5.74) is 0.705. The quantitative estimate of drug-likeness (QED) is 0.284. The molecule has 30 heavy (non-hydrogen) atoms. The summed E-state index contributed by atoms with van der Waals surface area (Å²) in [6.45, 7) is -0.633. The van der Waals surface area contributed by atoms with Gasteiger partial charge in [0.1, 0.15) is 41.7 Å². The maximum absolute atomic E-state index is 12.6. The Morgan fingerprint density at radius 3 is 2.30 bits per heavy atom. The van der Waals surface area contributed by atoms with Crippen LogP contribution in [0.2, 0.25) is 0 Å². The van der Waals surface area contributed by atoms with E-state index in [1.165, 1.54) is 36.4 Å². The number of allylic oxidation sites excluding steroid dienone is 1. The van der Waals surface area contributed by atoms with Crippen LogP contribution in [0, 0.1) is 0 Å². The smallest absolute Gasteiger partial charge is 0.229 e. The molecular weight excluding hydrogens is 396 g/mol. The van der Waals surface area contributed by atoms with Gasteiger partial charge in [-0.1, -0.05) is 18.2 Å². The fraction of sp³-hybridized carbons (Fsp3) is 0.286. The summed E-state index contributed by atoms with van der Waals surface area (Å²) in [4.78, 5) is 12.6. The average molecular weight is 418 g/mol. The first-order valence-corrected chi connectivity index (χ1v) is 9.12. The summed E-state index contributed by atoms with van der Waals surface area (Å²) in [6, 6.07) is 9.91. The maximum Gasteiger partial charge on any atom is 0.229 e. The molecule has 160 valence electrons. The van der Waals surface area contributed by atoms with E-state index >= 15 is 0 Å². The van der Waals surface area contributed by atoms with Crippen LogP contribution in [0.15, 0.2) is 48.5 Å². The maximum atomic E-state index is 12.6. The standard InChI is InChI=1S/C21H22O9/c22-10-17-18(26)19(27)20(28)21(30-17)29-16-9-13(24)6-7-14(16)15(25)8-3-11-1-4-12(23)5-2-11/h1-9,17-24,26-28H,10H2. The van der Waals surface area contributed by atoms with Crippen LogP contribution in [0.3, 0.4) is 0 Å². The summed E-state index contributed by atoms with van der Waals surface area (Å²) in [5.74, 6) is -0.733. The molecular formula is C21H22O9. The highest BCUT2D eigenvalue weighted by atomic mass is 16.7. The van der Waals surface area contributed by atoms with E-state index in [0.29, 0.717) is 5.56 Å². The molecule has 0 bridgehead atoms. The van der Waals surface area contributed by atoms with Crippen molar-refractivity contribution < 1.29 is 44.9 Å². The number of carbonyl (C=O) groups is 1. The van der Waals surface area contributed by atoms with E-state index < -0.39 is 43.1 Å². The number of ether oxygens (including phenoxy) is 2. The first-order valence-electron chi connectivity index (χ1n) is 9.12. The molecule has 5 atom stereocenters. The normalized spacial score (nSPS) is 26.6. The summed E-state index contributed by atoms with van der Waals surface area (Å²) in [5, 5.41) is 58.2. The molecule has 1 aliphatic rings. The predicted octanol–water partition coefficient (Wildman–Crippen LogP) is 0.173. The van der Waals surface area contributed by atoms with Gasteiger partial charge in [-0.3, -0.25) is 4.79 Å². The first-order chi connectivity index (χ1) is 14.3. The number of phenols is 2. The van der Waals surface area contributed by atoms with E-state index in [1.54, 1.807) is 12.1 Å². The molecule has 1 saturated heterocycles. The zero-order valence-electron chi connectivity index (χ0n) is 15.7. The second-order valence-corrected chi connectivity index (χ2v) is 6.78. The lowest BCUT2D eigenvalue weighted by atomic mass is 9.99. The summed E-state index contributed by atoms with van der Waals surface area (Å²) in [7, 11) is 0. The average Bonchev–Trinajstić information content (AvgIpc) is 2.73. The number of hydrogen-bond acceptors (Lipinski definition) is 9. The van der Waals surface area contributed by atoms with Crippen LogP contribution >= 0.6 is 0 Å². The lowest BCUT2D eigenvalue weighted by Gasteiger charge is -2.39. The van der Waals surface area contributed by atoms with E-state index in [1.807, 2.05) is 0 Å². The third kappa shape index (κ3) is 4.78. The minimum Gasteiger partial charge on any atom is -0.508 e. The Morgan fingerprint density at radius 1 is 0.967 bits per heavy atom. The van der Waals surface area contributed by atoms with E-state index in [2.05, 4.69) is 0 Å². The molecule has 9 heteroatoms. The molecule has 0 saturated carbocycles. The molecule has 1 heterocycles. The van der Waals surface area contributed by atoms with E-state index in [9.17, 15) is 35.4 Å². The number of aliphatic hydroxyl groups excluding tert-OH is 4. The van der Waals surface area contributed by atoms with Gasteiger partial charge in [0.2, 0.25) is 6.29 Å². The SMILES string of the molecule is O=C(C=Cc1ccc(O)cc1)c1ccc(O)cc1OC1OC(CO)C(O)C(O)C1O. The van der Waals surface area contributed by atoms with E-state index in [0.717, 1.165) is 6.07 Å². The van der Waals surface area contributed by atoms with Gasteiger partial charge in [0.25, 0.3) is 0 Å². The van der Waals surface area contributed by atoms with Gasteiger partial charge in [0.15, 0.2) is 5.78 Å². The van der Waals surface area contributed by atoms with E-state index in [4.69, 9.17) is 9.47 Å². The number of aromatic hydroxyl groups is 2. The molecule has 0 aromatic heterocycles. The summed E-state index contributed by atoms with van der Waals surface area (Å²) in [6.07, 6.45) is -4.77. The van der Waals surface area contributed by atoms with Gasteiger partial charge in [-0.25, -0.2) is 0 Å². The number of carbonyl (C=O) groups excluding carboxylic acids is 1. The Morgan fingerprint density at radius 2 is 1.63 bits per heavy atom. The Labute approximate surface area is 171 Å². The van der Waals surface area contributed by atoms with Gasteiger partial charge >= 0.3 is 0 Å². The van der Waals surface area contributed by atoms with E-state index in [-0.39, 0.29) is 22.8 Å². The molecule has 1 fully saturated rings. The van der Waals surface area contributed by atoms with Crippen LogP contribution in [-0.4, -0.2) is 73.7 Å². The molecule has 9 nitrogen and oxygen atoms in total. The molecule has 6 N–H and O–H groups in total. The van der Waals surface area contributed by atoms with Crippen molar-refractivity contribution in [3.63, 3.8) is 0 Å². The minimum atomic E-state index is -1.67. The Hall–Kier alpha value is -2.95. The second-order valence-electron chi connectivity index (χ2n) is 6.78. The van der Waals surface area contributed by atoms with Crippen LogP contribution in [0.1, 0.15) is 15.9 Å². The topological polar surface area (TPSA) is 157 Å². The third-order valence-corrected chi connectivity index (χ3v) is 4.64. The molecule has 5 unspecified atom stereocenters. The Bertz CT molecular complexity index is 907. The van der Waals surface area contributed by atoms with Gasteiger partial charge in [0.05, 0.1) is 12.2 Å². The summed E-state index contributed by atoms with van der Waals surface area (Å²) < 4.78 is 10.8. The number of benzene rings is 2.